The van der Waals surface area contributed by atoms with Crippen LogP contribution in [0, 0.1) is 5.92 Å². The van der Waals surface area contributed by atoms with Crippen LogP contribution >= 0.6 is 0 Å². The summed E-state index contributed by atoms with van der Waals surface area (Å²) in [6, 6.07) is 6.08. The molecule has 1 aromatic rings. The van der Waals surface area contributed by atoms with Crippen LogP contribution in [0.3, 0.4) is 0 Å². The van der Waals surface area contributed by atoms with Gasteiger partial charge in [-0.1, -0.05) is 19.1 Å². The topological polar surface area (TPSA) is 39.7 Å². The first-order chi connectivity index (χ1) is 9.85. The minimum Gasteiger partial charge on any atom is -0.490 e. The highest BCUT2D eigenvalue weighted by atomic mass is 16.5. The lowest BCUT2D eigenvalue weighted by Crippen LogP contribution is -2.16. The maximum absolute atomic E-state index is 6.06. The standard InChI is InChI=1S/C16H25NO3/c1-3-17-10-14-6-5-7-15(19-4-2)16(14)20-12-13-8-9-18-11-13/h5-7,13,17H,3-4,8-12H2,1-2H3. The predicted molar refractivity (Wildman–Crippen MR) is 79.4 cm³/mol. The van der Waals surface area contributed by atoms with Crippen LogP contribution in [0.15, 0.2) is 18.2 Å². The van der Waals surface area contributed by atoms with Crippen molar-refractivity contribution in [2.24, 2.45) is 5.92 Å². The van der Waals surface area contributed by atoms with Crippen molar-refractivity contribution in [2.45, 2.75) is 26.8 Å². The van der Waals surface area contributed by atoms with Crippen molar-refractivity contribution in [1.82, 2.24) is 5.32 Å². The van der Waals surface area contributed by atoms with Gasteiger partial charge in [0.25, 0.3) is 0 Å². The molecule has 0 bridgehead atoms. The number of rotatable bonds is 8. The summed E-state index contributed by atoms with van der Waals surface area (Å²) < 4.78 is 17.1. The van der Waals surface area contributed by atoms with E-state index in [-0.39, 0.29) is 0 Å². The summed E-state index contributed by atoms with van der Waals surface area (Å²) in [5.74, 6) is 2.21. The van der Waals surface area contributed by atoms with E-state index in [1.807, 2.05) is 19.1 Å². The molecule has 1 aliphatic rings. The molecule has 1 heterocycles. The highest BCUT2D eigenvalue weighted by Crippen LogP contribution is 2.32. The van der Waals surface area contributed by atoms with Crippen LogP contribution in [0.1, 0.15) is 25.8 Å². The van der Waals surface area contributed by atoms with Gasteiger partial charge in [0.2, 0.25) is 0 Å². The van der Waals surface area contributed by atoms with Crippen LogP contribution in [0.4, 0.5) is 0 Å². The van der Waals surface area contributed by atoms with Crippen molar-refractivity contribution in [1.29, 1.82) is 0 Å². The van der Waals surface area contributed by atoms with Gasteiger partial charge >= 0.3 is 0 Å². The molecular weight excluding hydrogens is 254 g/mol. The minimum absolute atomic E-state index is 0.497. The van der Waals surface area contributed by atoms with Crippen molar-refractivity contribution < 1.29 is 14.2 Å². The molecule has 1 aliphatic heterocycles. The molecule has 1 saturated heterocycles. The molecule has 0 aliphatic carbocycles. The lowest BCUT2D eigenvalue weighted by molar-refractivity contribution is 0.164. The Morgan fingerprint density at radius 2 is 2.20 bits per heavy atom. The molecule has 0 saturated carbocycles. The Bertz CT molecular complexity index is 403. The summed E-state index contributed by atoms with van der Waals surface area (Å²) in [7, 11) is 0. The zero-order valence-corrected chi connectivity index (χ0v) is 12.5. The van der Waals surface area contributed by atoms with Gasteiger partial charge < -0.3 is 19.5 Å². The molecule has 0 radical (unpaired) electrons. The molecule has 1 fully saturated rings. The average molecular weight is 279 g/mol. The fourth-order valence-electron chi connectivity index (χ4n) is 2.31. The van der Waals surface area contributed by atoms with Crippen molar-refractivity contribution in [3.05, 3.63) is 23.8 Å². The molecule has 112 valence electrons. The number of para-hydroxylation sites is 1. The van der Waals surface area contributed by atoms with E-state index in [4.69, 9.17) is 14.2 Å². The summed E-state index contributed by atoms with van der Waals surface area (Å²) in [5.41, 5.74) is 1.15. The Labute approximate surface area is 121 Å². The van der Waals surface area contributed by atoms with E-state index in [2.05, 4.69) is 18.3 Å². The van der Waals surface area contributed by atoms with Gasteiger partial charge in [0.15, 0.2) is 11.5 Å². The van der Waals surface area contributed by atoms with E-state index in [9.17, 15) is 0 Å². The fourth-order valence-corrected chi connectivity index (χ4v) is 2.31. The predicted octanol–water partition coefficient (Wildman–Crippen LogP) is 2.61. The average Bonchev–Trinajstić information content (AvgIpc) is 2.97. The van der Waals surface area contributed by atoms with E-state index >= 15 is 0 Å². The zero-order chi connectivity index (χ0) is 14.2. The smallest absolute Gasteiger partial charge is 0.165 e. The lowest BCUT2D eigenvalue weighted by atomic mass is 10.1. The quantitative estimate of drug-likeness (QED) is 0.794. The van der Waals surface area contributed by atoms with E-state index in [0.29, 0.717) is 19.1 Å². The Balaban J connectivity index is 2.07. The van der Waals surface area contributed by atoms with Gasteiger partial charge in [-0.25, -0.2) is 0 Å². The molecule has 4 heteroatoms. The summed E-state index contributed by atoms with van der Waals surface area (Å²) in [4.78, 5) is 0. The van der Waals surface area contributed by atoms with E-state index in [1.165, 1.54) is 0 Å². The van der Waals surface area contributed by atoms with Crippen LogP contribution in [0.2, 0.25) is 0 Å². The Kier molecular flexibility index (Phi) is 6.15. The molecule has 1 aromatic carbocycles. The molecule has 0 spiro atoms. The SMILES string of the molecule is CCNCc1cccc(OCC)c1OCC1CCOC1. The molecule has 1 N–H and O–H groups in total. The van der Waals surface area contributed by atoms with Crippen molar-refractivity contribution in [3.8, 4) is 11.5 Å². The molecule has 1 atom stereocenters. The molecule has 20 heavy (non-hydrogen) atoms. The number of benzene rings is 1. The second-order valence-corrected chi connectivity index (χ2v) is 5.00. The van der Waals surface area contributed by atoms with Gasteiger partial charge in [0.1, 0.15) is 0 Å². The van der Waals surface area contributed by atoms with Crippen LogP contribution in [0.25, 0.3) is 0 Å². The monoisotopic (exact) mass is 279 g/mol. The molecule has 2 rings (SSSR count). The second kappa shape index (κ2) is 8.12. The maximum Gasteiger partial charge on any atom is 0.165 e. The highest BCUT2D eigenvalue weighted by Gasteiger charge is 2.18. The highest BCUT2D eigenvalue weighted by molar-refractivity contribution is 5.46. The summed E-state index contributed by atoms with van der Waals surface area (Å²) in [6.07, 6.45) is 1.08. The van der Waals surface area contributed by atoms with Gasteiger partial charge in [-0.15, -0.1) is 0 Å². The third-order valence-electron chi connectivity index (χ3n) is 3.41. The normalized spacial score (nSPS) is 18.2. The van der Waals surface area contributed by atoms with Crippen molar-refractivity contribution >= 4 is 0 Å². The Hall–Kier alpha value is -1.26. The number of ether oxygens (including phenoxy) is 3. The lowest BCUT2D eigenvalue weighted by Gasteiger charge is -2.18. The van der Waals surface area contributed by atoms with Crippen LogP contribution in [-0.2, 0) is 11.3 Å². The van der Waals surface area contributed by atoms with Gasteiger partial charge in [0, 0.05) is 24.6 Å². The number of nitrogens with one attached hydrogen (secondary N) is 1. The summed E-state index contributed by atoms with van der Waals surface area (Å²) >= 11 is 0. The van der Waals surface area contributed by atoms with E-state index in [1.54, 1.807) is 0 Å². The largest absolute Gasteiger partial charge is 0.490 e. The number of hydrogen-bond donors (Lipinski definition) is 1. The first-order valence-corrected chi connectivity index (χ1v) is 7.51. The molecule has 0 amide bonds. The third-order valence-corrected chi connectivity index (χ3v) is 3.41. The van der Waals surface area contributed by atoms with E-state index < -0.39 is 0 Å². The molecule has 4 nitrogen and oxygen atoms in total. The van der Waals surface area contributed by atoms with Crippen LogP contribution < -0.4 is 14.8 Å². The van der Waals surface area contributed by atoms with E-state index in [0.717, 1.165) is 49.8 Å². The zero-order valence-electron chi connectivity index (χ0n) is 12.5. The minimum atomic E-state index is 0.497. The molecule has 1 unspecified atom stereocenters. The van der Waals surface area contributed by atoms with Crippen LogP contribution in [0.5, 0.6) is 11.5 Å². The fraction of sp³-hybridized carbons (Fsp3) is 0.625. The summed E-state index contributed by atoms with van der Waals surface area (Å²) in [6.45, 7) is 8.83. The van der Waals surface area contributed by atoms with Gasteiger partial charge in [-0.05, 0) is 26.0 Å². The number of hydrogen-bond acceptors (Lipinski definition) is 4. The Morgan fingerprint density at radius 1 is 1.30 bits per heavy atom. The van der Waals surface area contributed by atoms with Crippen LogP contribution in [-0.4, -0.2) is 33.0 Å². The van der Waals surface area contributed by atoms with Gasteiger partial charge in [-0.2, -0.15) is 0 Å². The molecule has 0 aromatic heterocycles. The summed E-state index contributed by atoms with van der Waals surface area (Å²) in [5, 5.41) is 3.34. The van der Waals surface area contributed by atoms with Crippen molar-refractivity contribution in [3.63, 3.8) is 0 Å². The maximum atomic E-state index is 6.06. The first kappa shape index (κ1) is 15.1. The van der Waals surface area contributed by atoms with Crippen molar-refractivity contribution in [2.75, 3.05) is 33.0 Å². The Morgan fingerprint density at radius 3 is 2.90 bits per heavy atom. The first-order valence-electron chi connectivity index (χ1n) is 7.51. The van der Waals surface area contributed by atoms with Gasteiger partial charge in [-0.3, -0.25) is 0 Å². The third kappa shape index (κ3) is 4.12. The molecular formula is C16H25NO3. The van der Waals surface area contributed by atoms with Gasteiger partial charge in [0.05, 0.1) is 19.8 Å². The second-order valence-electron chi connectivity index (χ2n) is 5.00.